The highest BCUT2D eigenvalue weighted by Crippen LogP contribution is 2.24. The van der Waals surface area contributed by atoms with Gasteiger partial charge in [-0.3, -0.25) is 0 Å². The second-order valence-corrected chi connectivity index (χ2v) is 10.4. The van der Waals surface area contributed by atoms with E-state index in [1.807, 2.05) is 20.8 Å². The van der Waals surface area contributed by atoms with Gasteiger partial charge in [0.15, 0.2) is 5.58 Å². The van der Waals surface area contributed by atoms with Gasteiger partial charge in [0, 0.05) is 19.1 Å². The molecule has 1 N–H and O–H groups in total. The molecule has 3 rings (SSSR count). The zero-order valence-corrected chi connectivity index (χ0v) is 21.1. The van der Waals surface area contributed by atoms with E-state index in [0.717, 1.165) is 30.4 Å². The van der Waals surface area contributed by atoms with Crippen LogP contribution in [0.1, 0.15) is 97.5 Å². The molecule has 1 aromatic heterocycles. The summed E-state index contributed by atoms with van der Waals surface area (Å²) < 4.78 is 11.5. The number of anilines is 1. The Morgan fingerprint density at radius 3 is 2.42 bits per heavy atom. The molecule has 6 heteroatoms. The van der Waals surface area contributed by atoms with E-state index in [1.54, 1.807) is 4.90 Å². The number of aromatic nitrogens is 1. The van der Waals surface area contributed by atoms with Gasteiger partial charge in [-0.15, -0.1) is 0 Å². The van der Waals surface area contributed by atoms with E-state index >= 15 is 0 Å². The van der Waals surface area contributed by atoms with Crippen molar-refractivity contribution in [2.24, 2.45) is 0 Å². The number of ether oxygens (including phenoxy) is 1. The minimum absolute atomic E-state index is 0.230. The lowest BCUT2D eigenvalue weighted by Gasteiger charge is -2.33. The molecular formula is C27H43N3O3. The molecule has 0 aliphatic carbocycles. The standard InChI is InChI=1S/C27H43N3O3/c1-5-6-7-8-9-10-11-12-13-21-14-15-23-24(20-21)32-25(29-23)28-22-16-18-30(19-17-22)26(31)33-27(2,3)4/h14-15,20,22H,5-13,16-19H2,1-4H3,(H,28,29). The number of aryl methyl sites for hydroxylation is 1. The van der Waals surface area contributed by atoms with Crippen molar-refractivity contribution < 1.29 is 13.9 Å². The van der Waals surface area contributed by atoms with E-state index < -0.39 is 5.60 Å². The van der Waals surface area contributed by atoms with Crippen LogP contribution in [0.2, 0.25) is 0 Å². The number of carbonyl (C=O) groups is 1. The number of hydrogen-bond acceptors (Lipinski definition) is 5. The molecule has 1 aliphatic rings. The number of nitrogens with one attached hydrogen (secondary N) is 1. The molecule has 1 amide bonds. The Hall–Kier alpha value is -2.24. The van der Waals surface area contributed by atoms with E-state index in [9.17, 15) is 4.79 Å². The Balaban J connectivity index is 1.41. The van der Waals surface area contributed by atoms with Gasteiger partial charge in [0.2, 0.25) is 0 Å². The summed E-state index contributed by atoms with van der Waals surface area (Å²) in [5.74, 6) is 0. The third-order valence-corrected chi connectivity index (χ3v) is 6.25. The first-order valence-corrected chi connectivity index (χ1v) is 13.0. The Morgan fingerprint density at radius 1 is 1.09 bits per heavy atom. The lowest BCUT2D eigenvalue weighted by Crippen LogP contribution is -2.44. The summed E-state index contributed by atoms with van der Waals surface area (Å²) in [5.41, 5.74) is 2.60. The minimum Gasteiger partial charge on any atom is -0.444 e. The van der Waals surface area contributed by atoms with Gasteiger partial charge in [-0.2, -0.15) is 4.98 Å². The van der Waals surface area contributed by atoms with Crippen LogP contribution in [0.25, 0.3) is 11.1 Å². The first-order chi connectivity index (χ1) is 15.8. The van der Waals surface area contributed by atoms with Crippen molar-refractivity contribution in [1.29, 1.82) is 0 Å². The fourth-order valence-electron chi connectivity index (χ4n) is 4.36. The topological polar surface area (TPSA) is 67.6 Å². The molecule has 2 aromatic rings. The Kier molecular flexibility index (Phi) is 9.45. The lowest BCUT2D eigenvalue weighted by molar-refractivity contribution is 0.0210. The first kappa shape index (κ1) is 25.4. The lowest BCUT2D eigenvalue weighted by atomic mass is 10.0. The highest BCUT2D eigenvalue weighted by molar-refractivity contribution is 5.75. The monoisotopic (exact) mass is 457 g/mol. The number of fused-ring (bicyclic) bond motifs is 1. The van der Waals surface area contributed by atoms with Crippen molar-refractivity contribution >= 4 is 23.2 Å². The van der Waals surface area contributed by atoms with Crippen LogP contribution in [0.3, 0.4) is 0 Å². The van der Waals surface area contributed by atoms with Crippen LogP contribution in [0, 0.1) is 0 Å². The second kappa shape index (κ2) is 12.3. The summed E-state index contributed by atoms with van der Waals surface area (Å²) in [4.78, 5) is 18.6. The van der Waals surface area contributed by atoms with Gasteiger partial charge in [0.1, 0.15) is 11.1 Å². The van der Waals surface area contributed by atoms with Gasteiger partial charge < -0.3 is 19.4 Å². The van der Waals surface area contributed by atoms with Crippen LogP contribution in [-0.4, -0.2) is 40.7 Å². The van der Waals surface area contributed by atoms with Gasteiger partial charge in [0.25, 0.3) is 6.01 Å². The maximum atomic E-state index is 12.2. The molecule has 0 bridgehead atoms. The molecular weight excluding hydrogens is 414 g/mol. The van der Waals surface area contributed by atoms with Gasteiger partial charge in [-0.1, -0.05) is 57.9 Å². The average Bonchev–Trinajstić information content (AvgIpc) is 3.16. The largest absolute Gasteiger partial charge is 0.444 e. The number of piperidine rings is 1. The molecule has 2 heterocycles. The quantitative estimate of drug-likeness (QED) is 0.358. The van der Waals surface area contributed by atoms with Crippen molar-refractivity contribution in [1.82, 2.24) is 9.88 Å². The van der Waals surface area contributed by atoms with Crippen molar-refractivity contribution in [2.75, 3.05) is 18.4 Å². The highest BCUT2D eigenvalue weighted by atomic mass is 16.6. The molecule has 0 saturated carbocycles. The molecule has 1 aromatic carbocycles. The number of oxazole rings is 1. The predicted molar refractivity (Wildman–Crippen MR) is 135 cm³/mol. The second-order valence-electron chi connectivity index (χ2n) is 10.4. The summed E-state index contributed by atoms with van der Waals surface area (Å²) in [7, 11) is 0. The van der Waals surface area contributed by atoms with Crippen LogP contribution in [0.4, 0.5) is 10.8 Å². The predicted octanol–water partition coefficient (Wildman–Crippen LogP) is 7.32. The van der Waals surface area contributed by atoms with Crippen molar-refractivity contribution in [3.8, 4) is 0 Å². The van der Waals surface area contributed by atoms with Crippen molar-refractivity contribution in [2.45, 2.75) is 110 Å². The highest BCUT2D eigenvalue weighted by Gasteiger charge is 2.27. The van der Waals surface area contributed by atoms with E-state index in [2.05, 4.69) is 35.4 Å². The molecule has 0 atom stereocenters. The number of likely N-dealkylation sites (tertiary alicyclic amines) is 1. The normalized spacial score (nSPS) is 15.2. The minimum atomic E-state index is -0.461. The average molecular weight is 458 g/mol. The number of unbranched alkanes of at least 4 members (excludes halogenated alkanes) is 7. The molecule has 1 aliphatic heterocycles. The molecule has 33 heavy (non-hydrogen) atoms. The van der Waals surface area contributed by atoms with Crippen LogP contribution < -0.4 is 5.32 Å². The first-order valence-electron chi connectivity index (χ1n) is 13.0. The van der Waals surface area contributed by atoms with E-state index in [4.69, 9.17) is 9.15 Å². The Morgan fingerprint density at radius 2 is 1.76 bits per heavy atom. The third kappa shape index (κ3) is 8.56. The van der Waals surface area contributed by atoms with Crippen LogP contribution in [0.15, 0.2) is 22.6 Å². The van der Waals surface area contributed by atoms with Gasteiger partial charge in [-0.05, 0) is 64.2 Å². The van der Waals surface area contributed by atoms with Crippen LogP contribution >= 0.6 is 0 Å². The Bertz CT molecular complexity index is 863. The number of hydrogen-bond donors (Lipinski definition) is 1. The van der Waals surface area contributed by atoms with Crippen LogP contribution in [0.5, 0.6) is 0 Å². The molecule has 0 radical (unpaired) electrons. The van der Waals surface area contributed by atoms with Crippen molar-refractivity contribution in [3.63, 3.8) is 0 Å². The number of nitrogens with zero attached hydrogens (tertiary/aromatic N) is 2. The smallest absolute Gasteiger partial charge is 0.410 e. The summed E-state index contributed by atoms with van der Waals surface area (Å²) >= 11 is 0. The van der Waals surface area contributed by atoms with Crippen molar-refractivity contribution in [3.05, 3.63) is 23.8 Å². The SMILES string of the molecule is CCCCCCCCCCc1ccc2nc(NC3CCN(C(=O)OC(C)(C)C)CC3)oc2c1. The van der Waals surface area contributed by atoms with Crippen LogP contribution in [-0.2, 0) is 11.2 Å². The number of carbonyl (C=O) groups excluding carboxylic acids is 1. The summed E-state index contributed by atoms with van der Waals surface area (Å²) in [6.45, 7) is 9.31. The van der Waals surface area contributed by atoms with E-state index in [0.29, 0.717) is 19.1 Å². The summed E-state index contributed by atoms with van der Waals surface area (Å²) in [6.07, 6.45) is 13.3. The number of rotatable bonds is 11. The maximum absolute atomic E-state index is 12.2. The zero-order chi connectivity index (χ0) is 23.7. The summed E-state index contributed by atoms with van der Waals surface area (Å²) in [6, 6.07) is 7.20. The molecule has 6 nitrogen and oxygen atoms in total. The van der Waals surface area contributed by atoms with Gasteiger partial charge in [-0.25, -0.2) is 4.79 Å². The molecule has 1 fully saturated rings. The molecule has 0 unspecified atom stereocenters. The molecule has 0 spiro atoms. The molecule has 1 saturated heterocycles. The molecule has 184 valence electrons. The van der Waals surface area contributed by atoms with E-state index in [1.165, 1.54) is 56.9 Å². The summed E-state index contributed by atoms with van der Waals surface area (Å²) in [5, 5.41) is 3.42. The third-order valence-electron chi connectivity index (χ3n) is 6.25. The van der Waals surface area contributed by atoms with E-state index in [-0.39, 0.29) is 12.1 Å². The zero-order valence-electron chi connectivity index (χ0n) is 21.1. The number of benzene rings is 1. The number of amides is 1. The fourth-order valence-corrected chi connectivity index (χ4v) is 4.36. The maximum Gasteiger partial charge on any atom is 0.410 e. The fraction of sp³-hybridized carbons (Fsp3) is 0.704. The Labute approximate surface area is 199 Å². The van der Waals surface area contributed by atoms with Gasteiger partial charge >= 0.3 is 6.09 Å². The van der Waals surface area contributed by atoms with Gasteiger partial charge in [0.05, 0.1) is 0 Å².